The number of nitrogens with one attached hydrogen (secondary N) is 1. The van der Waals surface area contributed by atoms with Gasteiger partial charge in [0, 0.05) is 12.7 Å². The molecule has 9 nitrogen and oxygen atoms in total. The van der Waals surface area contributed by atoms with Gasteiger partial charge >= 0.3 is 0 Å². The van der Waals surface area contributed by atoms with Gasteiger partial charge < -0.3 is 11.1 Å². The molecule has 0 aliphatic carbocycles. The fourth-order valence-electron chi connectivity index (χ4n) is 1.90. The minimum atomic E-state index is -0.184. The predicted molar refractivity (Wildman–Crippen MR) is 72.7 cm³/mol. The van der Waals surface area contributed by atoms with Crippen LogP contribution in [0.4, 0.5) is 0 Å². The van der Waals surface area contributed by atoms with Crippen molar-refractivity contribution in [2.75, 3.05) is 0 Å². The Bertz CT molecular complexity index is 761. The Hall–Kier alpha value is -2.81. The van der Waals surface area contributed by atoms with E-state index in [9.17, 15) is 4.79 Å². The zero-order chi connectivity index (χ0) is 14.7. The Balaban J connectivity index is 1.60. The summed E-state index contributed by atoms with van der Waals surface area (Å²) in [5.41, 5.74) is 6.82. The highest BCUT2D eigenvalue weighted by atomic mass is 16.2. The number of hydrogen-bond acceptors (Lipinski definition) is 6. The molecule has 0 atom stereocenters. The van der Waals surface area contributed by atoms with E-state index in [-0.39, 0.29) is 12.5 Å². The summed E-state index contributed by atoms with van der Waals surface area (Å²) in [5, 5.41) is 18.5. The van der Waals surface area contributed by atoms with E-state index in [1.165, 1.54) is 4.68 Å². The van der Waals surface area contributed by atoms with Crippen LogP contribution in [0.1, 0.15) is 11.5 Å². The predicted octanol–water partition coefficient (Wildman–Crippen LogP) is -0.904. The fourth-order valence-corrected chi connectivity index (χ4v) is 1.90. The highest BCUT2D eigenvalue weighted by molar-refractivity contribution is 5.75. The number of fused-ring (bicyclic) bond motifs is 1. The summed E-state index contributed by atoms with van der Waals surface area (Å²) in [6.45, 7) is 0.680. The molecule has 0 bridgehead atoms. The molecule has 3 rings (SSSR count). The molecule has 1 amide bonds. The second-order valence-electron chi connectivity index (χ2n) is 4.43. The minimum absolute atomic E-state index is 0.0870. The van der Waals surface area contributed by atoms with Crippen molar-refractivity contribution in [2.24, 2.45) is 5.73 Å². The zero-order valence-corrected chi connectivity index (χ0v) is 11.2. The average Bonchev–Trinajstić information content (AvgIpc) is 3.11. The van der Waals surface area contributed by atoms with Crippen molar-refractivity contribution >= 4 is 11.6 Å². The topological polar surface area (TPSA) is 116 Å². The van der Waals surface area contributed by atoms with Crippen molar-refractivity contribution in [1.82, 2.24) is 34.9 Å². The molecule has 108 valence electrons. The van der Waals surface area contributed by atoms with Crippen LogP contribution in [0, 0.1) is 0 Å². The van der Waals surface area contributed by atoms with Gasteiger partial charge in [-0.05, 0) is 12.1 Å². The lowest BCUT2D eigenvalue weighted by Crippen LogP contribution is -2.28. The van der Waals surface area contributed by atoms with Gasteiger partial charge in [0.05, 0.1) is 18.4 Å². The maximum Gasteiger partial charge on any atom is 0.242 e. The van der Waals surface area contributed by atoms with Crippen LogP contribution >= 0.6 is 0 Å². The lowest BCUT2D eigenvalue weighted by Gasteiger charge is -2.03. The van der Waals surface area contributed by atoms with Crippen molar-refractivity contribution in [3.8, 4) is 0 Å². The van der Waals surface area contributed by atoms with Crippen LogP contribution in [-0.4, -0.2) is 35.5 Å². The fraction of sp³-hybridized carbons (Fsp3) is 0.250. The number of hydrogen-bond donors (Lipinski definition) is 2. The molecule has 0 aliphatic heterocycles. The normalized spacial score (nSPS) is 10.9. The molecular formula is C12H14N8O. The molecule has 3 aromatic rings. The summed E-state index contributed by atoms with van der Waals surface area (Å²) >= 11 is 0. The van der Waals surface area contributed by atoms with Crippen LogP contribution in [0.3, 0.4) is 0 Å². The number of amides is 1. The first-order valence-electron chi connectivity index (χ1n) is 6.40. The number of rotatable bonds is 5. The van der Waals surface area contributed by atoms with Gasteiger partial charge in [-0.2, -0.15) is 0 Å². The van der Waals surface area contributed by atoms with Crippen molar-refractivity contribution in [2.45, 2.75) is 19.6 Å². The molecule has 0 saturated heterocycles. The van der Waals surface area contributed by atoms with E-state index in [1.54, 1.807) is 6.20 Å². The number of carbonyl (C=O) groups excluding carboxylic acids is 1. The molecule has 0 radical (unpaired) electrons. The highest BCUT2D eigenvalue weighted by Crippen LogP contribution is 2.02. The quantitative estimate of drug-likeness (QED) is 0.627. The molecule has 0 aliphatic rings. The summed E-state index contributed by atoms with van der Waals surface area (Å²) in [6, 6.07) is 5.61. The Morgan fingerprint density at radius 1 is 1.29 bits per heavy atom. The lowest BCUT2D eigenvalue weighted by molar-refractivity contribution is -0.122. The van der Waals surface area contributed by atoms with Crippen molar-refractivity contribution in [1.29, 1.82) is 0 Å². The van der Waals surface area contributed by atoms with Crippen LogP contribution in [0.5, 0.6) is 0 Å². The Morgan fingerprint density at radius 2 is 2.19 bits per heavy atom. The number of nitrogens with zero attached hydrogens (tertiary/aromatic N) is 6. The summed E-state index contributed by atoms with van der Waals surface area (Å²) in [6.07, 6.45) is 3.49. The lowest BCUT2D eigenvalue weighted by atomic mass is 10.4. The van der Waals surface area contributed by atoms with Gasteiger partial charge in [0.1, 0.15) is 6.54 Å². The Kier molecular flexibility index (Phi) is 3.56. The monoisotopic (exact) mass is 286 g/mol. The van der Waals surface area contributed by atoms with Gasteiger partial charge in [-0.25, -0.2) is 4.68 Å². The third-order valence-electron chi connectivity index (χ3n) is 2.93. The van der Waals surface area contributed by atoms with Crippen LogP contribution in [-0.2, 0) is 24.4 Å². The van der Waals surface area contributed by atoms with E-state index in [4.69, 9.17) is 5.73 Å². The van der Waals surface area contributed by atoms with Crippen molar-refractivity contribution in [3.63, 3.8) is 0 Å². The molecule has 0 fully saturated rings. The first-order valence-corrected chi connectivity index (χ1v) is 6.40. The first-order chi connectivity index (χ1) is 10.3. The molecule has 0 unspecified atom stereocenters. The van der Waals surface area contributed by atoms with Crippen LogP contribution < -0.4 is 11.1 Å². The summed E-state index contributed by atoms with van der Waals surface area (Å²) < 4.78 is 3.27. The van der Waals surface area contributed by atoms with Gasteiger partial charge in [-0.1, -0.05) is 11.3 Å². The molecule has 3 N–H and O–H groups in total. The third-order valence-corrected chi connectivity index (χ3v) is 2.93. The van der Waals surface area contributed by atoms with Gasteiger partial charge in [0.25, 0.3) is 0 Å². The molecule has 0 aromatic carbocycles. The van der Waals surface area contributed by atoms with Gasteiger partial charge in [0.2, 0.25) is 5.91 Å². The maximum atomic E-state index is 11.9. The van der Waals surface area contributed by atoms with Crippen molar-refractivity contribution in [3.05, 3.63) is 42.1 Å². The molecule has 9 heteroatoms. The van der Waals surface area contributed by atoms with Crippen molar-refractivity contribution < 1.29 is 4.79 Å². The van der Waals surface area contributed by atoms with Gasteiger partial charge in [0.15, 0.2) is 11.5 Å². The minimum Gasteiger partial charge on any atom is -0.347 e. The molecule has 3 heterocycles. The number of aromatic nitrogens is 6. The van der Waals surface area contributed by atoms with Gasteiger partial charge in [-0.3, -0.25) is 9.20 Å². The number of pyridine rings is 1. The van der Waals surface area contributed by atoms with Crippen LogP contribution in [0.25, 0.3) is 5.65 Å². The van der Waals surface area contributed by atoms with E-state index in [2.05, 4.69) is 25.8 Å². The summed E-state index contributed by atoms with van der Waals surface area (Å²) in [5.74, 6) is 0.483. The van der Waals surface area contributed by atoms with E-state index >= 15 is 0 Å². The van der Waals surface area contributed by atoms with E-state index in [0.717, 1.165) is 5.65 Å². The largest absolute Gasteiger partial charge is 0.347 e. The maximum absolute atomic E-state index is 11.9. The number of nitrogens with two attached hydrogens (primary N) is 1. The smallest absolute Gasteiger partial charge is 0.242 e. The summed E-state index contributed by atoms with van der Waals surface area (Å²) in [7, 11) is 0. The molecule has 0 saturated carbocycles. The Morgan fingerprint density at radius 3 is 3.00 bits per heavy atom. The van der Waals surface area contributed by atoms with Crippen LogP contribution in [0.2, 0.25) is 0 Å². The van der Waals surface area contributed by atoms with E-state index in [0.29, 0.717) is 24.6 Å². The van der Waals surface area contributed by atoms with E-state index < -0.39 is 0 Å². The SMILES string of the molecule is NCc1cn(CC(=O)NCc2nnc3ccccn23)nn1. The first kappa shape index (κ1) is 13.2. The standard InChI is InChI=1S/C12H14N8O/c13-5-9-7-19(18-15-9)8-12(21)14-6-11-17-16-10-3-1-2-4-20(10)11/h1-4,7H,5-6,8,13H2,(H,14,21). The molecule has 21 heavy (non-hydrogen) atoms. The molecule has 0 spiro atoms. The Labute approximate surface area is 119 Å². The highest BCUT2D eigenvalue weighted by Gasteiger charge is 2.08. The number of carbonyl (C=O) groups is 1. The average molecular weight is 286 g/mol. The third kappa shape index (κ3) is 2.87. The molecular weight excluding hydrogens is 272 g/mol. The van der Waals surface area contributed by atoms with Gasteiger partial charge in [-0.15, -0.1) is 15.3 Å². The summed E-state index contributed by atoms with van der Waals surface area (Å²) in [4.78, 5) is 11.9. The van der Waals surface area contributed by atoms with E-state index in [1.807, 2.05) is 28.8 Å². The van der Waals surface area contributed by atoms with Crippen LogP contribution in [0.15, 0.2) is 30.6 Å². The molecule has 3 aromatic heterocycles. The second kappa shape index (κ2) is 5.67. The second-order valence-corrected chi connectivity index (χ2v) is 4.43. The zero-order valence-electron chi connectivity index (χ0n) is 11.2.